The predicted octanol–water partition coefficient (Wildman–Crippen LogP) is 1.68. The summed E-state index contributed by atoms with van der Waals surface area (Å²) < 4.78 is 0. The van der Waals surface area contributed by atoms with E-state index in [1.807, 2.05) is 0 Å². The summed E-state index contributed by atoms with van der Waals surface area (Å²) in [6.45, 7) is 1.44. The maximum atomic E-state index is 9.45. The Balaban J connectivity index is 1.88. The Kier molecular flexibility index (Phi) is 2.89. The highest BCUT2D eigenvalue weighted by Gasteiger charge is 2.35. The van der Waals surface area contributed by atoms with Crippen molar-refractivity contribution in [1.82, 2.24) is 5.32 Å². The van der Waals surface area contributed by atoms with Gasteiger partial charge in [-0.1, -0.05) is 25.7 Å². The number of aliphatic hydroxyl groups excluding tert-OH is 1. The SMILES string of the molecule is OCC1(CC2CCC2)CCCCN1. The van der Waals surface area contributed by atoms with Crippen LogP contribution >= 0.6 is 0 Å². The van der Waals surface area contributed by atoms with E-state index in [1.54, 1.807) is 0 Å². The lowest BCUT2D eigenvalue weighted by Gasteiger charge is -2.41. The third-order valence-electron chi connectivity index (χ3n) is 3.79. The number of nitrogens with one attached hydrogen (secondary N) is 1. The van der Waals surface area contributed by atoms with Crippen LogP contribution in [0, 0.1) is 5.92 Å². The quantitative estimate of drug-likeness (QED) is 0.697. The first-order chi connectivity index (χ1) is 6.35. The van der Waals surface area contributed by atoms with E-state index in [4.69, 9.17) is 0 Å². The Hall–Kier alpha value is -0.0800. The molecule has 1 unspecified atom stereocenters. The molecule has 1 saturated carbocycles. The summed E-state index contributed by atoms with van der Waals surface area (Å²) in [6.07, 6.45) is 9.16. The van der Waals surface area contributed by atoms with E-state index in [-0.39, 0.29) is 5.54 Å². The molecule has 1 aliphatic carbocycles. The van der Waals surface area contributed by atoms with Gasteiger partial charge in [0, 0.05) is 5.54 Å². The van der Waals surface area contributed by atoms with Crippen LogP contribution in [0.3, 0.4) is 0 Å². The van der Waals surface area contributed by atoms with Crippen LogP contribution in [-0.2, 0) is 0 Å². The molecule has 0 aromatic rings. The largest absolute Gasteiger partial charge is 0.394 e. The van der Waals surface area contributed by atoms with Gasteiger partial charge in [0.2, 0.25) is 0 Å². The molecule has 2 rings (SSSR count). The van der Waals surface area contributed by atoms with Gasteiger partial charge in [-0.15, -0.1) is 0 Å². The fourth-order valence-corrected chi connectivity index (χ4v) is 2.65. The zero-order valence-corrected chi connectivity index (χ0v) is 8.39. The highest BCUT2D eigenvalue weighted by molar-refractivity contribution is 4.93. The minimum atomic E-state index is 0.101. The number of hydrogen-bond donors (Lipinski definition) is 2. The molecule has 2 N–H and O–H groups in total. The third kappa shape index (κ3) is 2.05. The summed E-state index contributed by atoms with van der Waals surface area (Å²) in [5.41, 5.74) is 0.101. The summed E-state index contributed by atoms with van der Waals surface area (Å²) in [7, 11) is 0. The molecule has 0 radical (unpaired) electrons. The van der Waals surface area contributed by atoms with Crippen LogP contribution in [0.15, 0.2) is 0 Å². The molecule has 0 amide bonds. The summed E-state index contributed by atoms with van der Waals surface area (Å²) in [5.74, 6) is 0.901. The number of piperidine rings is 1. The zero-order chi connectivity index (χ0) is 9.15. The van der Waals surface area contributed by atoms with E-state index in [9.17, 15) is 5.11 Å². The minimum Gasteiger partial charge on any atom is -0.394 e. The molecular formula is C11H21NO. The van der Waals surface area contributed by atoms with Crippen LogP contribution in [0.4, 0.5) is 0 Å². The standard InChI is InChI=1S/C11H21NO/c13-9-11(6-1-2-7-12-11)8-10-4-3-5-10/h10,12-13H,1-9H2. The molecule has 0 bridgehead atoms. The fourth-order valence-electron chi connectivity index (χ4n) is 2.65. The van der Waals surface area contributed by atoms with Crippen LogP contribution in [0.5, 0.6) is 0 Å². The van der Waals surface area contributed by atoms with Crippen molar-refractivity contribution in [3.63, 3.8) is 0 Å². The van der Waals surface area contributed by atoms with Gasteiger partial charge in [-0.05, 0) is 31.7 Å². The van der Waals surface area contributed by atoms with Crippen LogP contribution in [0.2, 0.25) is 0 Å². The van der Waals surface area contributed by atoms with Crippen molar-refractivity contribution in [2.24, 2.45) is 5.92 Å². The normalized spacial score (nSPS) is 35.8. The van der Waals surface area contributed by atoms with Gasteiger partial charge in [-0.3, -0.25) is 0 Å². The highest BCUT2D eigenvalue weighted by atomic mass is 16.3. The van der Waals surface area contributed by atoms with Crippen molar-refractivity contribution in [3.8, 4) is 0 Å². The van der Waals surface area contributed by atoms with Crippen LogP contribution in [-0.4, -0.2) is 23.8 Å². The van der Waals surface area contributed by atoms with Gasteiger partial charge in [-0.25, -0.2) is 0 Å². The molecule has 2 heteroatoms. The number of rotatable bonds is 3. The van der Waals surface area contributed by atoms with E-state index >= 15 is 0 Å². The molecule has 0 spiro atoms. The lowest BCUT2D eigenvalue weighted by Crippen LogP contribution is -2.53. The summed E-state index contributed by atoms with van der Waals surface area (Å²) in [4.78, 5) is 0. The average molecular weight is 183 g/mol. The van der Waals surface area contributed by atoms with Crippen molar-refractivity contribution < 1.29 is 5.11 Å². The first kappa shape index (κ1) is 9.47. The summed E-state index contributed by atoms with van der Waals surface area (Å²) >= 11 is 0. The van der Waals surface area contributed by atoms with Gasteiger partial charge in [-0.2, -0.15) is 0 Å². The second-order valence-electron chi connectivity index (χ2n) is 4.82. The van der Waals surface area contributed by atoms with Crippen molar-refractivity contribution in [2.45, 2.75) is 50.5 Å². The van der Waals surface area contributed by atoms with Crippen LogP contribution < -0.4 is 5.32 Å². The van der Waals surface area contributed by atoms with Gasteiger partial charge < -0.3 is 10.4 Å². The van der Waals surface area contributed by atoms with Gasteiger partial charge >= 0.3 is 0 Å². The maximum absolute atomic E-state index is 9.45. The highest BCUT2D eigenvalue weighted by Crippen LogP contribution is 2.36. The minimum absolute atomic E-state index is 0.101. The molecule has 76 valence electrons. The summed E-state index contributed by atoms with van der Waals surface area (Å²) in [6, 6.07) is 0. The molecule has 1 saturated heterocycles. The van der Waals surface area contributed by atoms with Gasteiger partial charge in [0.1, 0.15) is 0 Å². The third-order valence-corrected chi connectivity index (χ3v) is 3.79. The monoisotopic (exact) mass is 183 g/mol. The molecule has 1 heterocycles. The molecule has 1 atom stereocenters. The van der Waals surface area contributed by atoms with Crippen molar-refractivity contribution in [3.05, 3.63) is 0 Å². The van der Waals surface area contributed by atoms with Crippen molar-refractivity contribution in [1.29, 1.82) is 0 Å². The van der Waals surface area contributed by atoms with Crippen LogP contribution in [0.1, 0.15) is 44.9 Å². The molecule has 2 aliphatic rings. The second kappa shape index (κ2) is 3.97. The first-order valence-electron chi connectivity index (χ1n) is 5.71. The molecular weight excluding hydrogens is 162 g/mol. The first-order valence-corrected chi connectivity index (χ1v) is 5.71. The second-order valence-corrected chi connectivity index (χ2v) is 4.82. The smallest absolute Gasteiger partial charge is 0.0613 e. The van der Waals surface area contributed by atoms with E-state index in [1.165, 1.54) is 44.9 Å². The molecule has 2 fully saturated rings. The van der Waals surface area contributed by atoms with Crippen molar-refractivity contribution >= 4 is 0 Å². The molecule has 0 aromatic heterocycles. The Morgan fingerprint density at radius 3 is 2.54 bits per heavy atom. The molecule has 0 aromatic carbocycles. The lowest BCUT2D eigenvalue weighted by atomic mass is 9.73. The summed E-state index contributed by atoms with van der Waals surface area (Å²) in [5, 5.41) is 13.0. The lowest BCUT2D eigenvalue weighted by molar-refractivity contribution is 0.0887. The molecule has 13 heavy (non-hydrogen) atoms. The number of aliphatic hydroxyl groups is 1. The van der Waals surface area contributed by atoms with Gasteiger partial charge in [0.25, 0.3) is 0 Å². The van der Waals surface area contributed by atoms with Gasteiger partial charge in [0.05, 0.1) is 6.61 Å². The Morgan fingerprint density at radius 2 is 2.08 bits per heavy atom. The Labute approximate surface area is 80.7 Å². The Bertz CT molecular complexity index is 159. The maximum Gasteiger partial charge on any atom is 0.0613 e. The van der Waals surface area contributed by atoms with Crippen molar-refractivity contribution in [2.75, 3.05) is 13.2 Å². The van der Waals surface area contributed by atoms with E-state index in [0.29, 0.717) is 6.61 Å². The van der Waals surface area contributed by atoms with E-state index in [0.717, 1.165) is 12.5 Å². The van der Waals surface area contributed by atoms with Crippen LogP contribution in [0.25, 0.3) is 0 Å². The zero-order valence-electron chi connectivity index (χ0n) is 8.39. The number of hydrogen-bond acceptors (Lipinski definition) is 2. The molecule has 1 aliphatic heterocycles. The fraction of sp³-hybridized carbons (Fsp3) is 1.00. The predicted molar refractivity (Wildman–Crippen MR) is 53.6 cm³/mol. The van der Waals surface area contributed by atoms with Gasteiger partial charge in [0.15, 0.2) is 0 Å². The van der Waals surface area contributed by atoms with E-state index < -0.39 is 0 Å². The Morgan fingerprint density at radius 1 is 1.23 bits per heavy atom. The van der Waals surface area contributed by atoms with E-state index in [2.05, 4.69) is 5.32 Å². The average Bonchev–Trinajstić information content (AvgIpc) is 2.13. The topological polar surface area (TPSA) is 32.3 Å². The molecule has 2 nitrogen and oxygen atoms in total.